The number of rotatable bonds is 5. The van der Waals surface area contributed by atoms with E-state index in [1.54, 1.807) is 6.07 Å². The number of furan rings is 1. The Labute approximate surface area is 132 Å². The summed E-state index contributed by atoms with van der Waals surface area (Å²) in [5.41, 5.74) is 1.37. The van der Waals surface area contributed by atoms with Gasteiger partial charge in [-0.3, -0.25) is 4.79 Å². The minimum Gasteiger partial charge on any atom is -0.466 e. The Morgan fingerprint density at radius 2 is 2.10 bits per heavy atom. The Kier molecular flexibility index (Phi) is 5.20. The van der Waals surface area contributed by atoms with E-state index in [1.165, 1.54) is 0 Å². The lowest BCUT2D eigenvalue weighted by Crippen LogP contribution is -2.26. The minimum absolute atomic E-state index is 0.158. The molecule has 2 rings (SSSR count). The van der Waals surface area contributed by atoms with Gasteiger partial charge < -0.3 is 14.8 Å². The lowest BCUT2D eigenvalue weighted by Gasteiger charge is -2.11. The fourth-order valence-corrected chi connectivity index (χ4v) is 2.66. The highest BCUT2D eigenvalue weighted by Gasteiger charge is 2.15. The number of aryl methyl sites for hydroxylation is 2. The van der Waals surface area contributed by atoms with Gasteiger partial charge in [0.25, 0.3) is 5.91 Å². The molecule has 0 saturated heterocycles. The van der Waals surface area contributed by atoms with E-state index in [2.05, 4.69) is 21.2 Å². The molecule has 0 saturated carbocycles. The molecule has 0 bridgehead atoms. The standard InChI is InChI=1S/C16H18BrNO3/c1-10-9-13(11(2)21-10)15(19)7-8-18-16(20)12-5-3-4-6-14(12)17/h3-6,9,15,19H,7-8H2,1-2H3,(H,18,20)/t15-/m0/s1. The average molecular weight is 352 g/mol. The molecule has 1 heterocycles. The number of aliphatic hydroxyl groups is 1. The van der Waals surface area contributed by atoms with Crippen molar-refractivity contribution in [1.82, 2.24) is 5.32 Å². The maximum atomic E-state index is 12.0. The highest BCUT2D eigenvalue weighted by atomic mass is 79.9. The van der Waals surface area contributed by atoms with E-state index in [1.807, 2.05) is 38.1 Å². The SMILES string of the molecule is Cc1cc([C@@H](O)CCNC(=O)c2ccccc2Br)c(C)o1. The van der Waals surface area contributed by atoms with Crippen molar-refractivity contribution in [2.24, 2.45) is 0 Å². The number of halogens is 1. The second-order valence-electron chi connectivity index (χ2n) is 4.91. The molecule has 4 nitrogen and oxygen atoms in total. The molecule has 0 fully saturated rings. The smallest absolute Gasteiger partial charge is 0.252 e. The van der Waals surface area contributed by atoms with Gasteiger partial charge in [0, 0.05) is 16.6 Å². The maximum Gasteiger partial charge on any atom is 0.252 e. The van der Waals surface area contributed by atoms with Gasteiger partial charge >= 0.3 is 0 Å². The monoisotopic (exact) mass is 351 g/mol. The highest BCUT2D eigenvalue weighted by molar-refractivity contribution is 9.10. The summed E-state index contributed by atoms with van der Waals surface area (Å²) < 4.78 is 6.15. The van der Waals surface area contributed by atoms with Crippen molar-refractivity contribution in [1.29, 1.82) is 0 Å². The predicted octanol–water partition coefficient (Wildman–Crippen LogP) is 3.51. The number of aliphatic hydroxyl groups excluding tert-OH is 1. The Morgan fingerprint density at radius 1 is 1.38 bits per heavy atom. The largest absolute Gasteiger partial charge is 0.466 e. The summed E-state index contributed by atoms with van der Waals surface area (Å²) in [5.74, 6) is 1.34. The first-order chi connectivity index (χ1) is 9.99. The molecule has 5 heteroatoms. The molecule has 2 N–H and O–H groups in total. The summed E-state index contributed by atoms with van der Waals surface area (Å²) in [6, 6.07) is 9.07. The minimum atomic E-state index is -0.637. The normalized spacial score (nSPS) is 12.2. The van der Waals surface area contributed by atoms with E-state index >= 15 is 0 Å². The topological polar surface area (TPSA) is 62.5 Å². The maximum absolute atomic E-state index is 12.0. The van der Waals surface area contributed by atoms with Gasteiger partial charge in [-0.15, -0.1) is 0 Å². The number of nitrogens with one attached hydrogen (secondary N) is 1. The van der Waals surface area contributed by atoms with Crippen LogP contribution in [0, 0.1) is 13.8 Å². The van der Waals surface area contributed by atoms with Crippen LogP contribution in [0.15, 0.2) is 39.2 Å². The van der Waals surface area contributed by atoms with Crippen molar-refractivity contribution in [3.8, 4) is 0 Å². The summed E-state index contributed by atoms with van der Waals surface area (Å²) in [6.07, 6.45) is -0.197. The second-order valence-corrected chi connectivity index (χ2v) is 5.76. The molecule has 1 aromatic carbocycles. The number of hydrogen-bond donors (Lipinski definition) is 2. The van der Waals surface area contributed by atoms with E-state index in [-0.39, 0.29) is 5.91 Å². The molecule has 1 amide bonds. The van der Waals surface area contributed by atoms with Gasteiger partial charge in [-0.25, -0.2) is 0 Å². The van der Waals surface area contributed by atoms with Crippen LogP contribution in [-0.2, 0) is 0 Å². The van der Waals surface area contributed by atoms with Crippen LogP contribution in [0.4, 0.5) is 0 Å². The molecular formula is C16H18BrNO3. The third-order valence-electron chi connectivity index (χ3n) is 3.26. The molecule has 0 aliphatic rings. The van der Waals surface area contributed by atoms with Crippen molar-refractivity contribution in [3.05, 3.63) is 57.5 Å². The zero-order valence-corrected chi connectivity index (χ0v) is 13.6. The Morgan fingerprint density at radius 3 is 2.71 bits per heavy atom. The lowest BCUT2D eigenvalue weighted by atomic mass is 10.1. The lowest BCUT2D eigenvalue weighted by molar-refractivity contribution is 0.0941. The summed E-state index contributed by atoms with van der Waals surface area (Å²) in [6.45, 7) is 4.06. The van der Waals surface area contributed by atoms with Crippen molar-refractivity contribution >= 4 is 21.8 Å². The number of carbonyl (C=O) groups is 1. The van der Waals surface area contributed by atoms with E-state index in [9.17, 15) is 9.90 Å². The van der Waals surface area contributed by atoms with Crippen LogP contribution < -0.4 is 5.32 Å². The number of hydrogen-bond acceptors (Lipinski definition) is 3. The van der Waals surface area contributed by atoms with E-state index < -0.39 is 6.10 Å². The Balaban J connectivity index is 1.88. The zero-order chi connectivity index (χ0) is 15.4. The van der Waals surface area contributed by atoms with Crippen LogP contribution in [0.5, 0.6) is 0 Å². The molecular weight excluding hydrogens is 334 g/mol. The quantitative estimate of drug-likeness (QED) is 0.866. The van der Waals surface area contributed by atoms with Crippen molar-refractivity contribution in [3.63, 3.8) is 0 Å². The predicted molar refractivity (Wildman–Crippen MR) is 84.2 cm³/mol. The van der Waals surface area contributed by atoms with Crippen molar-refractivity contribution < 1.29 is 14.3 Å². The molecule has 1 atom stereocenters. The molecule has 0 aliphatic heterocycles. The Hall–Kier alpha value is -1.59. The Bertz CT molecular complexity index is 636. The third-order valence-corrected chi connectivity index (χ3v) is 3.95. The first kappa shape index (κ1) is 15.8. The van der Waals surface area contributed by atoms with Crippen LogP contribution in [0.1, 0.15) is 40.0 Å². The molecule has 0 unspecified atom stereocenters. The van der Waals surface area contributed by atoms with Crippen molar-refractivity contribution in [2.75, 3.05) is 6.54 Å². The van der Waals surface area contributed by atoms with Gasteiger partial charge in [0.2, 0.25) is 0 Å². The van der Waals surface area contributed by atoms with Crippen LogP contribution in [0.3, 0.4) is 0 Å². The van der Waals surface area contributed by atoms with Gasteiger partial charge in [0.15, 0.2) is 0 Å². The third kappa shape index (κ3) is 3.95. The van der Waals surface area contributed by atoms with Crippen LogP contribution >= 0.6 is 15.9 Å². The fourth-order valence-electron chi connectivity index (χ4n) is 2.20. The van der Waals surface area contributed by atoms with Gasteiger partial charge in [0.1, 0.15) is 11.5 Å². The number of carbonyl (C=O) groups excluding carboxylic acids is 1. The van der Waals surface area contributed by atoms with Gasteiger partial charge in [-0.2, -0.15) is 0 Å². The van der Waals surface area contributed by atoms with Gasteiger partial charge in [-0.05, 0) is 54.4 Å². The first-order valence-electron chi connectivity index (χ1n) is 6.76. The van der Waals surface area contributed by atoms with Crippen molar-refractivity contribution in [2.45, 2.75) is 26.4 Å². The van der Waals surface area contributed by atoms with Crippen LogP contribution in [-0.4, -0.2) is 17.6 Å². The molecule has 0 spiro atoms. The fraction of sp³-hybridized carbons (Fsp3) is 0.312. The zero-order valence-electron chi connectivity index (χ0n) is 12.0. The second kappa shape index (κ2) is 6.91. The molecule has 21 heavy (non-hydrogen) atoms. The van der Waals surface area contributed by atoms with Gasteiger partial charge in [0.05, 0.1) is 11.7 Å². The highest BCUT2D eigenvalue weighted by Crippen LogP contribution is 2.23. The summed E-state index contributed by atoms with van der Waals surface area (Å²) in [4.78, 5) is 12.0. The van der Waals surface area contributed by atoms with Crippen LogP contribution in [0.2, 0.25) is 0 Å². The van der Waals surface area contributed by atoms with E-state index in [4.69, 9.17) is 4.42 Å². The number of amides is 1. The molecule has 112 valence electrons. The summed E-state index contributed by atoms with van der Waals surface area (Å²) >= 11 is 3.34. The molecule has 2 aromatic rings. The first-order valence-corrected chi connectivity index (χ1v) is 7.56. The molecule has 0 radical (unpaired) electrons. The molecule has 1 aromatic heterocycles. The number of benzene rings is 1. The van der Waals surface area contributed by atoms with Gasteiger partial charge in [-0.1, -0.05) is 12.1 Å². The van der Waals surface area contributed by atoms with E-state index in [0.717, 1.165) is 21.6 Å². The van der Waals surface area contributed by atoms with Crippen LogP contribution in [0.25, 0.3) is 0 Å². The van der Waals surface area contributed by atoms with E-state index in [0.29, 0.717) is 18.5 Å². The molecule has 0 aliphatic carbocycles. The summed E-state index contributed by atoms with van der Waals surface area (Å²) in [7, 11) is 0. The summed E-state index contributed by atoms with van der Waals surface area (Å²) in [5, 5.41) is 12.9. The average Bonchev–Trinajstić information content (AvgIpc) is 2.78.